The Morgan fingerprint density at radius 3 is 2.44 bits per heavy atom. The fourth-order valence-electron chi connectivity index (χ4n) is 1.48. The normalized spacial score (nSPS) is 12.2. The van der Waals surface area contributed by atoms with Crippen molar-refractivity contribution in [1.82, 2.24) is 10.6 Å². The second kappa shape index (κ2) is 7.62. The van der Waals surface area contributed by atoms with Gasteiger partial charge >= 0.3 is 0 Å². The van der Waals surface area contributed by atoms with Crippen molar-refractivity contribution in [1.29, 1.82) is 0 Å². The fourth-order valence-corrected chi connectivity index (χ4v) is 2.05. The standard InChI is InChI=1S/C13H18Cl2N2O/c1-3-4-16-13(18)9(2)17-8-10-5-11(14)7-12(15)6-10/h5-7,9,17H,3-4,8H2,1-2H3,(H,16,18). The van der Waals surface area contributed by atoms with Crippen molar-refractivity contribution in [3.63, 3.8) is 0 Å². The third-order valence-electron chi connectivity index (χ3n) is 2.48. The van der Waals surface area contributed by atoms with E-state index in [4.69, 9.17) is 23.2 Å². The van der Waals surface area contributed by atoms with Crippen LogP contribution in [0.25, 0.3) is 0 Å². The van der Waals surface area contributed by atoms with Gasteiger partial charge in [0.1, 0.15) is 0 Å². The van der Waals surface area contributed by atoms with Crippen LogP contribution in [0.1, 0.15) is 25.8 Å². The number of nitrogens with one attached hydrogen (secondary N) is 2. The lowest BCUT2D eigenvalue weighted by atomic mass is 10.2. The summed E-state index contributed by atoms with van der Waals surface area (Å²) in [6.07, 6.45) is 0.933. The highest BCUT2D eigenvalue weighted by atomic mass is 35.5. The molecule has 1 unspecified atom stereocenters. The third-order valence-corrected chi connectivity index (χ3v) is 2.91. The van der Waals surface area contributed by atoms with E-state index in [1.165, 1.54) is 0 Å². The number of hydrogen-bond donors (Lipinski definition) is 2. The van der Waals surface area contributed by atoms with Gasteiger partial charge < -0.3 is 10.6 Å². The Labute approximate surface area is 118 Å². The lowest BCUT2D eigenvalue weighted by Crippen LogP contribution is -2.42. The van der Waals surface area contributed by atoms with Crippen LogP contribution in [0.2, 0.25) is 10.0 Å². The van der Waals surface area contributed by atoms with Gasteiger partial charge in [-0.25, -0.2) is 0 Å². The number of hydrogen-bond acceptors (Lipinski definition) is 2. The zero-order valence-electron chi connectivity index (χ0n) is 10.6. The van der Waals surface area contributed by atoms with Gasteiger partial charge in [-0.05, 0) is 37.1 Å². The number of carbonyl (C=O) groups is 1. The van der Waals surface area contributed by atoms with Gasteiger partial charge in [0.05, 0.1) is 6.04 Å². The average molecular weight is 289 g/mol. The van der Waals surface area contributed by atoms with E-state index in [0.29, 0.717) is 23.1 Å². The molecule has 1 aromatic rings. The Morgan fingerprint density at radius 1 is 1.28 bits per heavy atom. The Morgan fingerprint density at radius 2 is 1.89 bits per heavy atom. The Hall–Kier alpha value is -0.770. The smallest absolute Gasteiger partial charge is 0.236 e. The van der Waals surface area contributed by atoms with Gasteiger partial charge in [-0.15, -0.1) is 0 Å². The summed E-state index contributed by atoms with van der Waals surface area (Å²) >= 11 is 11.8. The van der Waals surface area contributed by atoms with Gasteiger partial charge in [0.15, 0.2) is 0 Å². The monoisotopic (exact) mass is 288 g/mol. The number of halogens is 2. The summed E-state index contributed by atoms with van der Waals surface area (Å²) in [5.41, 5.74) is 0.961. The molecular formula is C13H18Cl2N2O. The van der Waals surface area contributed by atoms with E-state index in [-0.39, 0.29) is 11.9 Å². The van der Waals surface area contributed by atoms with Crippen LogP contribution >= 0.6 is 23.2 Å². The first kappa shape index (κ1) is 15.3. The summed E-state index contributed by atoms with van der Waals surface area (Å²) < 4.78 is 0. The van der Waals surface area contributed by atoms with Crippen molar-refractivity contribution >= 4 is 29.1 Å². The van der Waals surface area contributed by atoms with Gasteiger partial charge in [-0.1, -0.05) is 30.1 Å². The van der Waals surface area contributed by atoms with E-state index in [2.05, 4.69) is 10.6 Å². The average Bonchev–Trinajstić information content (AvgIpc) is 2.31. The summed E-state index contributed by atoms with van der Waals surface area (Å²) in [5, 5.41) is 7.17. The first-order valence-corrected chi connectivity index (χ1v) is 6.74. The van der Waals surface area contributed by atoms with Crippen molar-refractivity contribution in [2.24, 2.45) is 0 Å². The summed E-state index contributed by atoms with van der Waals surface area (Å²) in [4.78, 5) is 11.6. The van der Waals surface area contributed by atoms with Crippen LogP contribution in [0.15, 0.2) is 18.2 Å². The second-order valence-corrected chi connectivity index (χ2v) is 5.04. The van der Waals surface area contributed by atoms with Gasteiger partial charge in [0.2, 0.25) is 5.91 Å². The minimum atomic E-state index is -0.241. The van der Waals surface area contributed by atoms with E-state index in [1.807, 2.05) is 26.0 Å². The number of benzene rings is 1. The first-order chi connectivity index (χ1) is 8.52. The number of carbonyl (C=O) groups excluding carboxylic acids is 1. The number of rotatable bonds is 6. The SMILES string of the molecule is CCCNC(=O)C(C)NCc1cc(Cl)cc(Cl)c1. The summed E-state index contributed by atoms with van der Waals surface area (Å²) in [5.74, 6) is 0.00461. The molecule has 0 aliphatic heterocycles. The van der Waals surface area contributed by atoms with Crippen LogP contribution in [0.5, 0.6) is 0 Å². The molecule has 3 nitrogen and oxygen atoms in total. The lowest BCUT2D eigenvalue weighted by Gasteiger charge is -2.14. The van der Waals surface area contributed by atoms with Gasteiger partial charge in [0, 0.05) is 23.1 Å². The largest absolute Gasteiger partial charge is 0.355 e. The second-order valence-electron chi connectivity index (χ2n) is 4.17. The zero-order valence-corrected chi connectivity index (χ0v) is 12.1. The van der Waals surface area contributed by atoms with E-state index >= 15 is 0 Å². The summed E-state index contributed by atoms with van der Waals surface area (Å²) in [7, 11) is 0. The summed E-state index contributed by atoms with van der Waals surface area (Å²) in [6, 6.07) is 5.10. The fraction of sp³-hybridized carbons (Fsp3) is 0.462. The molecule has 0 fully saturated rings. The Kier molecular flexibility index (Phi) is 6.47. The van der Waals surface area contributed by atoms with E-state index < -0.39 is 0 Å². The van der Waals surface area contributed by atoms with Crippen molar-refractivity contribution in [3.05, 3.63) is 33.8 Å². The van der Waals surface area contributed by atoms with Crippen LogP contribution in [0, 0.1) is 0 Å². The molecular weight excluding hydrogens is 271 g/mol. The van der Waals surface area contributed by atoms with Crippen LogP contribution in [0.4, 0.5) is 0 Å². The molecule has 0 aliphatic rings. The topological polar surface area (TPSA) is 41.1 Å². The van der Waals surface area contributed by atoms with Gasteiger partial charge in [-0.3, -0.25) is 4.79 Å². The van der Waals surface area contributed by atoms with Crippen LogP contribution in [-0.4, -0.2) is 18.5 Å². The summed E-state index contributed by atoms with van der Waals surface area (Å²) in [6.45, 7) is 5.11. The molecule has 0 radical (unpaired) electrons. The van der Waals surface area contributed by atoms with Gasteiger partial charge in [-0.2, -0.15) is 0 Å². The van der Waals surface area contributed by atoms with Crippen LogP contribution in [-0.2, 0) is 11.3 Å². The minimum absolute atomic E-state index is 0.00461. The molecule has 1 amide bonds. The lowest BCUT2D eigenvalue weighted by molar-refractivity contribution is -0.122. The van der Waals surface area contributed by atoms with Crippen LogP contribution in [0.3, 0.4) is 0 Å². The van der Waals surface area contributed by atoms with Crippen molar-refractivity contribution in [2.45, 2.75) is 32.9 Å². The molecule has 0 aromatic heterocycles. The molecule has 100 valence electrons. The Balaban J connectivity index is 2.46. The zero-order chi connectivity index (χ0) is 13.5. The molecule has 1 rings (SSSR count). The van der Waals surface area contributed by atoms with Gasteiger partial charge in [0.25, 0.3) is 0 Å². The molecule has 0 heterocycles. The highest BCUT2D eigenvalue weighted by Gasteiger charge is 2.11. The molecule has 1 atom stereocenters. The quantitative estimate of drug-likeness (QED) is 0.845. The number of amides is 1. The highest BCUT2D eigenvalue weighted by molar-refractivity contribution is 6.34. The van der Waals surface area contributed by atoms with Crippen LogP contribution < -0.4 is 10.6 Å². The van der Waals surface area contributed by atoms with Crippen molar-refractivity contribution < 1.29 is 4.79 Å². The molecule has 0 bridgehead atoms. The maximum atomic E-state index is 11.6. The minimum Gasteiger partial charge on any atom is -0.355 e. The molecule has 2 N–H and O–H groups in total. The maximum Gasteiger partial charge on any atom is 0.236 e. The van der Waals surface area contributed by atoms with E-state index in [9.17, 15) is 4.79 Å². The third kappa shape index (κ3) is 5.25. The maximum absolute atomic E-state index is 11.6. The molecule has 0 saturated carbocycles. The first-order valence-electron chi connectivity index (χ1n) is 5.99. The Bertz CT molecular complexity index is 390. The molecule has 5 heteroatoms. The molecule has 0 aliphatic carbocycles. The molecule has 1 aromatic carbocycles. The molecule has 0 spiro atoms. The molecule has 0 saturated heterocycles. The predicted octanol–water partition coefficient (Wildman–Crippen LogP) is 3.00. The van der Waals surface area contributed by atoms with Crippen molar-refractivity contribution in [3.8, 4) is 0 Å². The highest BCUT2D eigenvalue weighted by Crippen LogP contribution is 2.18. The van der Waals surface area contributed by atoms with Crippen molar-refractivity contribution in [2.75, 3.05) is 6.54 Å². The molecule has 18 heavy (non-hydrogen) atoms. The van der Waals surface area contributed by atoms with E-state index in [1.54, 1.807) is 6.07 Å². The predicted molar refractivity (Wildman–Crippen MR) is 76.1 cm³/mol. The van der Waals surface area contributed by atoms with E-state index in [0.717, 1.165) is 12.0 Å².